The molecule has 0 unspecified atom stereocenters. The van der Waals surface area contributed by atoms with Gasteiger partial charge in [0.25, 0.3) is 0 Å². The summed E-state index contributed by atoms with van der Waals surface area (Å²) in [4.78, 5) is 18.3. The number of nitrogens with zero attached hydrogens (tertiary/aromatic N) is 2. The van der Waals surface area contributed by atoms with E-state index in [4.69, 9.17) is 4.74 Å². The maximum absolute atomic E-state index is 11.2. The van der Waals surface area contributed by atoms with Gasteiger partial charge in [-0.15, -0.1) is 0 Å². The zero-order chi connectivity index (χ0) is 13.8. The van der Waals surface area contributed by atoms with Gasteiger partial charge in [-0.05, 0) is 19.3 Å². The van der Waals surface area contributed by atoms with Crippen LogP contribution in [0.5, 0.6) is 0 Å². The van der Waals surface area contributed by atoms with E-state index in [1.54, 1.807) is 0 Å². The third kappa shape index (κ3) is 3.25. The van der Waals surface area contributed by atoms with Crippen molar-refractivity contribution >= 4 is 22.4 Å². The van der Waals surface area contributed by atoms with E-state index < -0.39 is 5.97 Å². The zero-order valence-corrected chi connectivity index (χ0v) is 12.2. The van der Waals surface area contributed by atoms with Gasteiger partial charge < -0.3 is 14.7 Å². The van der Waals surface area contributed by atoms with Crippen LogP contribution in [0, 0.1) is 0 Å². The van der Waals surface area contributed by atoms with Crippen LogP contribution in [0.25, 0.3) is 0 Å². The first-order valence-corrected chi connectivity index (χ1v) is 7.48. The van der Waals surface area contributed by atoms with Crippen LogP contribution < -0.4 is 4.90 Å². The van der Waals surface area contributed by atoms with E-state index in [1.165, 1.54) is 11.3 Å². The van der Waals surface area contributed by atoms with Crippen molar-refractivity contribution in [2.75, 3.05) is 25.2 Å². The largest absolute Gasteiger partial charge is 0.477 e. The number of aromatic nitrogens is 1. The third-order valence-electron chi connectivity index (χ3n) is 3.41. The summed E-state index contributed by atoms with van der Waals surface area (Å²) in [7, 11) is 2.00. The molecular formula is C13H20N2O3S. The van der Waals surface area contributed by atoms with Crippen LogP contribution >= 0.6 is 11.3 Å². The van der Waals surface area contributed by atoms with E-state index in [-0.39, 0.29) is 0 Å². The van der Waals surface area contributed by atoms with Gasteiger partial charge in [0.2, 0.25) is 0 Å². The summed E-state index contributed by atoms with van der Waals surface area (Å²) in [6, 6.07) is 0.399. The first kappa shape index (κ1) is 14.3. The highest BCUT2D eigenvalue weighted by atomic mass is 32.1. The van der Waals surface area contributed by atoms with Crippen LogP contribution in [0.3, 0.4) is 0 Å². The highest BCUT2D eigenvalue weighted by molar-refractivity contribution is 7.17. The van der Waals surface area contributed by atoms with Gasteiger partial charge in [-0.2, -0.15) is 0 Å². The smallest absolute Gasteiger partial charge is 0.347 e. The predicted molar refractivity (Wildman–Crippen MR) is 75.3 cm³/mol. The summed E-state index contributed by atoms with van der Waals surface area (Å²) in [6.07, 6.45) is 3.58. The van der Waals surface area contributed by atoms with E-state index in [0.29, 0.717) is 16.6 Å². The number of carboxylic acid groups (broad SMARTS) is 1. The Morgan fingerprint density at radius 1 is 1.53 bits per heavy atom. The lowest BCUT2D eigenvalue weighted by molar-refractivity contribution is 0.0700. The number of hydrogen-bond acceptors (Lipinski definition) is 5. The topological polar surface area (TPSA) is 62.7 Å². The Kier molecular flexibility index (Phi) is 4.76. The molecule has 2 rings (SSSR count). The van der Waals surface area contributed by atoms with Crippen molar-refractivity contribution < 1.29 is 14.6 Å². The predicted octanol–water partition coefficient (Wildman–Crippen LogP) is 2.41. The van der Waals surface area contributed by atoms with Crippen molar-refractivity contribution in [3.8, 4) is 0 Å². The lowest BCUT2D eigenvalue weighted by Crippen LogP contribution is -2.36. The van der Waals surface area contributed by atoms with Crippen LogP contribution in [-0.2, 0) is 11.2 Å². The molecule has 2 heterocycles. The number of aryl methyl sites for hydroxylation is 1. The molecule has 1 aliphatic rings. The molecule has 0 saturated carbocycles. The highest BCUT2D eigenvalue weighted by Gasteiger charge is 2.24. The first-order chi connectivity index (χ1) is 9.13. The van der Waals surface area contributed by atoms with Crippen LogP contribution in [0.4, 0.5) is 5.13 Å². The van der Waals surface area contributed by atoms with Crippen LogP contribution in [0.2, 0.25) is 0 Å². The number of ether oxygens (including phenoxy) is 1. The van der Waals surface area contributed by atoms with E-state index in [9.17, 15) is 9.90 Å². The van der Waals surface area contributed by atoms with E-state index in [0.717, 1.165) is 44.0 Å². The summed E-state index contributed by atoms with van der Waals surface area (Å²) < 4.78 is 5.35. The fourth-order valence-corrected chi connectivity index (χ4v) is 3.28. The molecule has 0 atom stereocenters. The van der Waals surface area contributed by atoms with Gasteiger partial charge >= 0.3 is 5.97 Å². The van der Waals surface area contributed by atoms with E-state index >= 15 is 0 Å². The van der Waals surface area contributed by atoms with Crippen molar-refractivity contribution in [2.24, 2.45) is 0 Å². The number of hydrogen-bond donors (Lipinski definition) is 1. The number of rotatable bonds is 5. The highest BCUT2D eigenvalue weighted by Crippen LogP contribution is 2.29. The van der Waals surface area contributed by atoms with Gasteiger partial charge in [-0.25, -0.2) is 9.78 Å². The monoisotopic (exact) mass is 284 g/mol. The number of thiazole rings is 1. The maximum atomic E-state index is 11.2. The molecule has 1 aliphatic heterocycles. The molecular weight excluding hydrogens is 264 g/mol. The minimum atomic E-state index is -0.868. The summed E-state index contributed by atoms with van der Waals surface area (Å²) in [5.74, 6) is -0.868. The molecule has 1 N–H and O–H groups in total. The molecule has 106 valence electrons. The van der Waals surface area contributed by atoms with Crippen molar-refractivity contribution in [1.29, 1.82) is 0 Å². The van der Waals surface area contributed by atoms with Crippen molar-refractivity contribution in [3.63, 3.8) is 0 Å². The zero-order valence-electron chi connectivity index (χ0n) is 11.4. The Morgan fingerprint density at radius 2 is 2.21 bits per heavy atom. The molecule has 19 heavy (non-hydrogen) atoms. The molecule has 5 nitrogen and oxygen atoms in total. The summed E-state index contributed by atoms with van der Waals surface area (Å²) >= 11 is 1.28. The second kappa shape index (κ2) is 6.34. The normalized spacial score (nSPS) is 16.5. The van der Waals surface area contributed by atoms with E-state index in [1.807, 2.05) is 14.0 Å². The molecule has 1 aromatic heterocycles. The molecule has 6 heteroatoms. The SMILES string of the molecule is CCCc1nc(N(C)C2CCOCC2)sc1C(=O)O. The number of carboxylic acids is 1. The van der Waals surface area contributed by atoms with Crippen molar-refractivity contribution in [1.82, 2.24) is 4.98 Å². The van der Waals surface area contributed by atoms with Gasteiger partial charge in [-0.1, -0.05) is 24.7 Å². The van der Waals surface area contributed by atoms with Crippen LogP contribution in [-0.4, -0.2) is 42.4 Å². The summed E-state index contributed by atoms with van der Waals surface area (Å²) in [5.41, 5.74) is 0.717. The minimum Gasteiger partial charge on any atom is -0.477 e. The Labute approximate surface area is 117 Å². The average Bonchev–Trinajstić information content (AvgIpc) is 2.83. The standard InChI is InChI=1S/C13H20N2O3S/c1-3-4-10-11(12(16)17)19-13(14-10)15(2)9-5-7-18-8-6-9/h9H,3-8H2,1-2H3,(H,16,17). The average molecular weight is 284 g/mol. The Balaban J connectivity index is 2.18. The fourth-order valence-electron chi connectivity index (χ4n) is 2.29. The van der Waals surface area contributed by atoms with Crippen molar-refractivity contribution in [3.05, 3.63) is 10.6 Å². The number of carbonyl (C=O) groups is 1. The first-order valence-electron chi connectivity index (χ1n) is 6.67. The van der Waals surface area contributed by atoms with Gasteiger partial charge in [0.15, 0.2) is 5.13 Å². The Hall–Kier alpha value is -1.14. The van der Waals surface area contributed by atoms with E-state index in [2.05, 4.69) is 9.88 Å². The molecule has 0 bridgehead atoms. The molecule has 0 aromatic carbocycles. The lowest BCUT2D eigenvalue weighted by atomic mass is 10.1. The molecule has 0 aliphatic carbocycles. The summed E-state index contributed by atoms with van der Waals surface area (Å²) in [5, 5.41) is 10.0. The lowest BCUT2D eigenvalue weighted by Gasteiger charge is -2.30. The van der Waals surface area contributed by atoms with Gasteiger partial charge in [0, 0.05) is 26.3 Å². The molecule has 0 radical (unpaired) electrons. The fraction of sp³-hybridized carbons (Fsp3) is 0.692. The minimum absolute atomic E-state index is 0.385. The number of aromatic carboxylic acids is 1. The molecule has 0 amide bonds. The second-order valence-corrected chi connectivity index (χ2v) is 5.76. The maximum Gasteiger partial charge on any atom is 0.347 e. The van der Waals surface area contributed by atoms with Crippen molar-refractivity contribution in [2.45, 2.75) is 38.6 Å². The molecule has 1 aromatic rings. The van der Waals surface area contributed by atoms with Gasteiger partial charge in [-0.3, -0.25) is 0 Å². The number of anilines is 1. The molecule has 1 saturated heterocycles. The summed E-state index contributed by atoms with van der Waals surface area (Å²) in [6.45, 7) is 3.58. The second-order valence-electron chi connectivity index (χ2n) is 4.78. The quantitative estimate of drug-likeness (QED) is 0.899. The van der Waals surface area contributed by atoms with Gasteiger partial charge in [0.05, 0.1) is 5.69 Å². The van der Waals surface area contributed by atoms with Crippen LogP contribution in [0.15, 0.2) is 0 Å². The Bertz CT molecular complexity index is 441. The third-order valence-corrected chi connectivity index (χ3v) is 4.58. The molecule has 0 spiro atoms. The molecule has 1 fully saturated rings. The Morgan fingerprint density at radius 3 is 2.79 bits per heavy atom. The van der Waals surface area contributed by atoms with Gasteiger partial charge in [0.1, 0.15) is 4.88 Å². The van der Waals surface area contributed by atoms with Crippen LogP contribution in [0.1, 0.15) is 41.6 Å².